The monoisotopic (exact) mass is 273 g/mol. The molecular formula is C15H16ClN3. The zero-order valence-corrected chi connectivity index (χ0v) is 11.2. The van der Waals surface area contributed by atoms with E-state index in [4.69, 9.17) is 5.41 Å². The van der Waals surface area contributed by atoms with Gasteiger partial charge in [-0.25, -0.2) is 0 Å². The Labute approximate surface area is 119 Å². The van der Waals surface area contributed by atoms with Gasteiger partial charge in [0.25, 0.3) is 0 Å². The van der Waals surface area contributed by atoms with E-state index in [0.29, 0.717) is 12.4 Å². The van der Waals surface area contributed by atoms with E-state index in [0.717, 1.165) is 11.1 Å². The Balaban J connectivity index is 0.00000180. The van der Waals surface area contributed by atoms with Gasteiger partial charge in [0, 0.05) is 18.9 Å². The highest BCUT2D eigenvalue weighted by molar-refractivity contribution is 5.93. The molecular weight excluding hydrogens is 258 g/mol. The largest absolute Gasteiger partial charge is 0.366 e. The highest BCUT2D eigenvalue weighted by Gasteiger charge is 1.93. The van der Waals surface area contributed by atoms with E-state index in [2.05, 4.69) is 10.3 Å². The molecule has 3 nitrogen and oxygen atoms in total. The first-order chi connectivity index (χ1) is 8.84. The van der Waals surface area contributed by atoms with Crippen LogP contribution in [0.25, 0.3) is 6.08 Å². The van der Waals surface area contributed by atoms with E-state index in [-0.39, 0.29) is 12.4 Å². The van der Waals surface area contributed by atoms with Crippen LogP contribution in [0.15, 0.2) is 60.9 Å². The Bertz CT molecular complexity index is 524. The second-order valence-electron chi connectivity index (χ2n) is 3.87. The predicted molar refractivity (Wildman–Crippen MR) is 81.5 cm³/mol. The summed E-state index contributed by atoms with van der Waals surface area (Å²) in [5.41, 5.74) is 2.20. The summed E-state index contributed by atoms with van der Waals surface area (Å²) in [5.74, 6) is 0.399. The van der Waals surface area contributed by atoms with Crippen LogP contribution in [-0.2, 0) is 6.54 Å². The number of halogens is 1. The molecule has 2 aromatic rings. The maximum atomic E-state index is 7.77. The Morgan fingerprint density at radius 2 is 1.79 bits per heavy atom. The fourth-order valence-corrected chi connectivity index (χ4v) is 1.50. The first-order valence-corrected chi connectivity index (χ1v) is 5.79. The molecule has 0 radical (unpaired) electrons. The molecule has 19 heavy (non-hydrogen) atoms. The number of pyridine rings is 1. The molecule has 98 valence electrons. The molecule has 2 N–H and O–H groups in total. The molecule has 2 rings (SSSR count). The van der Waals surface area contributed by atoms with E-state index in [9.17, 15) is 0 Å². The number of amidine groups is 1. The predicted octanol–water partition coefficient (Wildman–Crippen LogP) is 3.28. The minimum absolute atomic E-state index is 0. The number of nitrogens with zero attached hydrogens (tertiary/aromatic N) is 1. The van der Waals surface area contributed by atoms with E-state index in [1.54, 1.807) is 18.5 Å². The van der Waals surface area contributed by atoms with Crippen LogP contribution in [0, 0.1) is 5.41 Å². The average molecular weight is 274 g/mol. The van der Waals surface area contributed by atoms with Gasteiger partial charge in [-0.2, -0.15) is 0 Å². The van der Waals surface area contributed by atoms with Crippen LogP contribution in [0.3, 0.4) is 0 Å². The van der Waals surface area contributed by atoms with Gasteiger partial charge in [0.05, 0.1) is 0 Å². The zero-order chi connectivity index (χ0) is 12.6. The topological polar surface area (TPSA) is 48.8 Å². The molecule has 1 heterocycles. The maximum Gasteiger partial charge on any atom is 0.118 e. The van der Waals surface area contributed by atoms with Crippen LogP contribution in [0.4, 0.5) is 0 Å². The van der Waals surface area contributed by atoms with Crippen molar-refractivity contribution < 1.29 is 0 Å². The average Bonchev–Trinajstić information content (AvgIpc) is 2.45. The summed E-state index contributed by atoms with van der Waals surface area (Å²) in [5, 5.41) is 10.8. The molecule has 0 amide bonds. The molecule has 0 atom stereocenters. The Kier molecular flexibility index (Phi) is 6.33. The van der Waals surface area contributed by atoms with Gasteiger partial charge < -0.3 is 5.32 Å². The van der Waals surface area contributed by atoms with Crippen molar-refractivity contribution in [2.24, 2.45) is 0 Å². The fourth-order valence-electron chi connectivity index (χ4n) is 1.50. The SMILES string of the molecule is Cl.N=C(/C=C/c1ccccc1)NCc1ccncc1. The number of rotatable bonds is 4. The van der Waals surface area contributed by atoms with Gasteiger partial charge in [-0.05, 0) is 29.3 Å². The summed E-state index contributed by atoms with van der Waals surface area (Å²) in [6, 6.07) is 13.8. The summed E-state index contributed by atoms with van der Waals surface area (Å²) < 4.78 is 0. The summed E-state index contributed by atoms with van der Waals surface area (Å²) in [6.07, 6.45) is 7.18. The molecule has 0 unspecified atom stereocenters. The Morgan fingerprint density at radius 1 is 1.11 bits per heavy atom. The lowest BCUT2D eigenvalue weighted by Gasteiger charge is -2.03. The molecule has 0 aliphatic carbocycles. The van der Waals surface area contributed by atoms with Crippen LogP contribution < -0.4 is 5.32 Å². The third-order valence-electron chi connectivity index (χ3n) is 2.47. The summed E-state index contributed by atoms with van der Waals surface area (Å²) in [6.45, 7) is 0.639. The quantitative estimate of drug-likeness (QED) is 0.663. The molecule has 0 aliphatic rings. The number of aromatic nitrogens is 1. The van der Waals surface area contributed by atoms with Crippen LogP contribution in [-0.4, -0.2) is 10.8 Å². The van der Waals surface area contributed by atoms with E-state index < -0.39 is 0 Å². The van der Waals surface area contributed by atoms with Crippen LogP contribution in [0.1, 0.15) is 11.1 Å². The number of nitrogens with one attached hydrogen (secondary N) is 2. The van der Waals surface area contributed by atoms with Crippen LogP contribution >= 0.6 is 12.4 Å². The molecule has 0 saturated heterocycles. The molecule has 0 saturated carbocycles. The highest BCUT2D eigenvalue weighted by atomic mass is 35.5. The van der Waals surface area contributed by atoms with Crippen molar-refractivity contribution in [3.63, 3.8) is 0 Å². The van der Waals surface area contributed by atoms with Gasteiger partial charge in [0.1, 0.15) is 5.84 Å². The normalized spacial score (nSPS) is 9.89. The molecule has 1 aromatic heterocycles. The van der Waals surface area contributed by atoms with Crippen LogP contribution in [0.5, 0.6) is 0 Å². The molecule has 0 fully saturated rings. The second kappa shape index (κ2) is 8.06. The van der Waals surface area contributed by atoms with Crippen molar-refractivity contribution in [2.75, 3.05) is 0 Å². The van der Waals surface area contributed by atoms with E-state index in [1.807, 2.05) is 48.5 Å². The van der Waals surface area contributed by atoms with Gasteiger partial charge in [-0.3, -0.25) is 10.4 Å². The first-order valence-electron chi connectivity index (χ1n) is 5.79. The van der Waals surface area contributed by atoms with Crippen molar-refractivity contribution in [3.05, 3.63) is 72.1 Å². The van der Waals surface area contributed by atoms with Crippen molar-refractivity contribution >= 4 is 24.3 Å². The van der Waals surface area contributed by atoms with Gasteiger partial charge in [-0.15, -0.1) is 12.4 Å². The van der Waals surface area contributed by atoms with Crippen molar-refractivity contribution in [1.29, 1.82) is 5.41 Å². The molecule has 0 bridgehead atoms. The molecule has 1 aromatic carbocycles. The standard InChI is InChI=1S/C15H15N3.ClH/c16-15(7-6-13-4-2-1-3-5-13)18-12-14-8-10-17-11-9-14;/h1-11H,12H2,(H2,16,18);1H/b7-6+;. The Hall–Kier alpha value is -2.13. The Morgan fingerprint density at radius 3 is 2.47 bits per heavy atom. The van der Waals surface area contributed by atoms with E-state index in [1.165, 1.54) is 0 Å². The second-order valence-corrected chi connectivity index (χ2v) is 3.87. The number of hydrogen-bond acceptors (Lipinski definition) is 2. The van der Waals surface area contributed by atoms with Crippen LogP contribution in [0.2, 0.25) is 0 Å². The summed E-state index contributed by atoms with van der Waals surface area (Å²) >= 11 is 0. The maximum absolute atomic E-state index is 7.77. The number of hydrogen-bond donors (Lipinski definition) is 2. The van der Waals surface area contributed by atoms with Crippen molar-refractivity contribution in [2.45, 2.75) is 6.54 Å². The lowest BCUT2D eigenvalue weighted by Crippen LogP contribution is -2.19. The third kappa shape index (κ3) is 5.36. The summed E-state index contributed by atoms with van der Waals surface area (Å²) in [4.78, 5) is 3.95. The van der Waals surface area contributed by atoms with Crippen molar-refractivity contribution in [1.82, 2.24) is 10.3 Å². The van der Waals surface area contributed by atoms with Crippen molar-refractivity contribution in [3.8, 4) is 0 Å². The van der Waals surface area contributed by atoms with Gasteiger partial charge in [-0.1, -0.05) is 36.4 Å². The van der Waals surface area contributed by atoms with Gasteiger partial charge in [0.2, 0.25) is 0 Å². The molecule has 0 aliphatic heterocycles. The smallest absolute Gasteiger partial charge is 0.118 e. The van der Waals surface area contributed by atoms with E-state index >= 15 is 0 Å². The zero-order valence-electron chi connectivity index (χ0n) is 10.4. The fraction of sp³-hybridized carbons (Fsp3) is 0.0667. The lowest BCUT2D eigenvalue weighted by atomic mass is 10.2. The summed E-state index contributed by atoms with van der Waals surface area (Å²) in [7, 11) is 0. The van der Waals surface area contributed by atoms with Gasteiger partial charge in [0.15, 0.2) is 0 Å². The number of benzene rings is 1. The lowest BCUT2D eigenvalue weighted by molar-refractivity contribution is 0.908. The minimum Gasteiger partial charge on any atom is -0.366 e. The molecule has 0 spiro atoms. The highest BCUT2D eigenvalue weighted by Crippen LogP contribution is 2.01. The third-order valence-corrected chi connectivity index (χ3v) is 2.47. The first kappa shape index (κ1) is 14.9. The van der Waals surface area contributed by atoms with Gasteiger partial charge >= 0.3 is 0 Å². The minimum atomic E-state index is 0. The molecule has 4 heteroatoms.